The van der Waals surface area contributed by atoms with Crippen molar-refractivity contribution >= 4 is 22.2 Å². The highest BCUT2D eigenvalue weighted by Crippen LogP contribution is 2.27. The number of hydrogen-bond acceptors (Lipinski definition) is 4. The average Bonchev–Trinajstić information content (AvgIpc) is 2.91. The Morgan fingerprint density at radius 1 is 1.05 bits per heavy atom. The van der Waals surface area contributed by atoms with Crippen LogP contribution in [0.2, 0.25) is 0 Å². The van der Waals surface area contributed by atoms with Crippen LogP contribution in [0, 0.1) is 0 Å². The monoisotopic (exact) mass is 270 g/mol. The summed E-state index contributed by atoms with van der Waals surface area (Å²) in [6.45, 7) is 0. The first-order chi connectivity index (χ1) is 9.31. The van der Waals surface area contributed by atoms with Crippen molar-refractivity contribution in [3.05, 3.63) is 54.2 Å². The number of phenols is 1. The number of nitrogens with zero attached hydrogens (tertiary/aromatic N) is 1. The summed E-state index contributed by atoms with van der Waals surface area (Å²) in [7, 11) is 0. The third-order valence-electron chi connectivity index (χ3n) is 2.64. The zero-order chi connectivity index (χ0) is 13.1. The quantitative estimate of drug-likeness (QED) is 0.719. The highest BCUT2D eigenvalue weighted by molar-refractivity contribution is 7.14. The van der Waals surface area contributed by atoms with E-state index < -0.39 is 0 Å². The van der Waals surface area contributed by atoms with Crippen molar-refractivity contribution in [2.24, 2.45) is 0 Å². The van der Waals surface area contributed by atoms with Gasteiger partial charge in [-0.05, 0) is 24.3 Å². The Labute approximate surface area is 114 Å². The van der Waals surface area contributed by atoms with Crippen LogP contribution < -0.4 is 10.3 Å². The fourth-order valence-electron chi connectivity index (χ4n) is 1.69. The summed E-state index contributed by atoms with van der Waals surface area (Å²) < 4.78 is 0. The van der Waals surface area contributed by atoms with E-state index in [-0.39, 0.29) is 5.75 Å². The Morgan fingerprint density at radius 3 is 2.53 bits per heavy atom. The van der Waals surface area contributed by atoms with Gasteiger partial charge < -0.3 is 10.4 Å². The molecule has 3 aromatic rings. The molecule has 19 heavy (non-hydrogen) atoms. The Bertz CT molecular complexity index is 665. The van der Waals surface area contributed by atoms with Crippen molar-refractivity contribution in [3.63, 3.8) is 0 Å². The number of benzene rings is 1. The van der Waals surface area contributed by atoms with Crippen LogP contribution in [0.1, 0.15) is 0 Å². The number of hydrogen-bond donors (Lipinski definition) is 2. The first-order valence-electron chi connectivity index (χ1n) is 5.79. The van der Waals surface area contributed by atoms with Crippen LogP contribution in [-0.2, 0) is 0 Å². The summed E-state index contributed by atoms with van der Waals surface area (Å²) >= 11 is 1.55. The molecule has 0 aliphatic rings. The molecular formula is C14H12N3OS+. The van der Waals surface area contributed by atoms with Gasteiger partial charge >= 0.3 is 0 Å². The van der Waals surface area contributed by atoms with Crippen molar-refractivity contribution in [3.8, 4) is 17.0 Å². The lowest BCUT2D eigenvalue weighted by Gasteiger charge is -2.01. The van der Waals surface area contributed by atoms with Crippen molar-refractivity contribution in [2.75, 3.05) is 5.32 Å². The third kappa shape index (κ3) is 2.71. The van der Waals surface area contributed by atoms with E-state index in [9.17, 15) is 5.11 Å². The van der Waals surface area contributed by atoms with Crippen LogP contribution >= 0.6 is 11.3 Å². The summed E-state index contributed by atoms with van der Waals surface area (Å²) in [5.41, 5.74) is 2.93. The number of H-pyrrole nitrogens is 1. The second kappa shape index (κ2) is 5.07. The van der Waals surface area contributed by atoms with Gasteiger partial charge in [0.2, 0.25) is 0 Å². The van der Waals surface area contributed by atoms with E-state index >= 15 is 0 Å². The van der Waals surface area contributed by atoms with Gasteiger partial charge in [0, 0.05) is 28.8 Å². The summed E-state index contributed by atoms with van der Waals surface area (Å²) in [6.07, 6.45) is 3.75. The lowest BCUT2D eigenvalue weighted by molar-refractivity contribution is -0.377. The van der Waals surface area contributed by atoms with E-state index in [1.165, 1.54) is 0 Å². The number of anilines is 2. The Balaban J connectivity index is 1.80. The SMILES string of the molecule is Oc1ccc(Nc2nc(-c3cc[nH+]cc3)cs2)cc1. The molecule has 3 N–H and O–H groups in total. The molecule has 5 heteroatoms. The first kappa shape index (κ1) is 11.7. The Kier molecular flexibility index (Phi) is 3.12. The summed E-state index contributed by atoms with van der Waals surface area (Å²) in [5.74, 6) is 0.255. The van der Waals surface area contributed by atoms with E-state index in [1.807, 2.05) is 42.0 Å². The van der Waals surface area contributed by atoms with Gasteiger partial charge in [0.1, 0.15) is 5.75 Å². The maximum absolute atomic E-state index is 9.23. The topological polar surface area (TPSA) is 59.3 Å². The Hall–Kier alpha value is -2.40. The number of aromatic hydroxyl groups is 1. The van der Waals surface area contributed by atoms with Crippen LogP contribution in [0.25, 0.3) is 11.3 Å². The fraction of sp³-hybridized carbons (Fsp3) is 0. The number of nitrogens with one attached hydrogen (secondary N) is 2. The molecule has 0 atom stereocenters. The van der Waals surface area contributed by atoms with Crippen molar-refractivity contribution in [1.29, 1.82) is 0 Å². The largest absolute Gasteiger partial charge is 0.508 e. The summed E-state index contributed by atoms with van der Waals surface area (Å²) in [4.78, 5) is 7.52. The van der Waals surface area contributed by atoms with Crippen LogP contribution in [-0.4, -0.2) is 10.1 Å². The van der Waals surface area contributed by atoms with Gasteiger partial charge in [0.05, 0.1) is 5.69 Å². The predicted octanol–water partition coefficient (Wildman–Crippen LogP) is 3.07. The molecule has 0 saturated heterocycles. The zero-order valence-electron chi connectivity index (χ0n) is 10.00. The molecule has 0 bridgehead atoms. The van der Waals surface area contributed by atoms with Gasteiger partial charge in [-0.3, -0.25) is 0 Å². The second-order valence-corrected chi connectivity index (χ2v) is 4.86. The minimum atomic E-state index is 0.255. The van der Waals surface area contributed by atoms with E-state index in [1.54, 1.807) is 23.5 Å². The van der Waals surface area contributed by atoms with Crippen LogP contribution in [0.15, 0.2) is 54.2 Å². The summed E-state index contributed by atoms with van der Waals surface area (Å²) in [6, 6.07) is 10.9. The molecule has 3 rings (SSSR count). The molecule has 0 fully saturated rings. The second-order valence-electron chi connectivity index (χ2n) is 4.00. The van der Waals surface area contributed by atoms with E-state index in [0.717, 1.165) is 22.1 Å². The minimum Gasteiger partial charge on any atom is -0.508 e. The number of pyridine rings is 1. The predicted molar refractivity (Wildman–Crippen MR) is 75.5 cm³/mol. The van der Waals surface area contributed by atoms with Gasteiger partial charge in [-0.2, -0.15) is 0 Å². The molecule has 2 aromatic heterocycles. The normalized spacial score (nSPS) is 10.3. The van der Waals surface area contributed by atoms with Crippen LogP contribution in [0.5, 0.6) is 5.75 Å². The van der Waals surface area contributed by atoms with Crippen molar-refractivity contribution in [2.45, 2.75) is 0 Å². The number of aromatic amines is 1. The van der Waals surface area contributed by atoms with Gasteiger partial charge in [-0.15, -0.1) is 11.3 Å². The molecule has 0 saturated carbocycles. The van der Waals surface area contributed by atoms with Gasteiger partial charge in [-0.25, -0.2) is 9.97 Å². The summed E-state index contributed by atoms with van der Waals surface area (Å²) in [5, 5.41) is 15.3. The molecule has 1 aromatic carbocycles. The number of rotatable bonds is 3. The van der Waals surface area contributed by atoms with E-state index in [2.05, 4.69) is 15.3 Å². The molecule has 4 nitrogen and oxygen atoms in total. The zero-order valence-corrected chi connectivity index (χ0v) is 10.8. The highest BCUT2D eigenvalue weighted by atomic mass is 32.1. The smallest absolute Gasteiger partial charge is 0.187 e. The number of thiazole rings is 1. The molecule has 0 aliphatic carbocycles. The molecule has 0 aliphatic heterocycles. The van der Waals surface area contributed by atoms with Crippen LogP contribution in [0.4, 0.5) is 10.8 Å². The highest BCUT2D eigenvalue weighted by Gasteiger charge is 2.05. The standard InChI is InChI=1S/C14H11N3OS/c18-12-3-1-11(2-4-12)16-14-17-13(9-19-14)10-5-7-15-8-6-10/h1-9,18H,(H,16,17)/p+1. The van der Waals surface area contributed by atoms with E-state index in [0.29, 0.717) is 0 Å². The van der Waals surface area contributed by atoms with Gasteiger partial charge in [0.15, 0.2) is 17.5 Å². The van der Waals surface area contributed by atoms with Gasteiger partial charge in [-0.1, -0.05) is 0 Å². The van der Waals surface area contributed by atoms with E-state index in [4.69, 9.17) is 0 Å². The lowest BCUT2D eigenvalue weighted by Crippen LogP contribution is -1.96. The average molecular weight is 270 g/mol. The lowest BCUT2D eigenvalue weighted by atomic mass is 10.2. The maximum atomic E-state index is 9.23. The maximum Gasteiger partial charge on any atom is 0.187 e. The molecule has 2 heterocycles. The molecule has 0 unspecified atom stereocenters. The van der Waals surface area contributed by atoms with Crippen molar-refractivity contribution < 1.29 is 10.1 Å². The first-order valence-corrected chi connectivity index (χ1v) is 6.67. The fourth-order valence-corrected chi connectivity index (χ4v) is 2.43. The van der Waals surface area contributed by atoms with Crippen LogP contribution in [0.3, 0.4) is 0 Å². The molecule has 94 valence electrons. The Morgan fingerprint density at radius 2 is 1.79 bits per heavy atom. The minimum absolute atomic E-state index is 0.255. The van der Waals surface area contributed by atoms with Crippen molar-refractivity contribution in [1.82, 2.24) is 4.98 Å². The molecule has 0 amide bonds. The molecule has 0 spiro atoms. The third-order valence-corrected chi connectivity index (χ3v) is 3.39. The number of phenolic OH excluding ortho intramolecular Hbond substituents is 1. The molecular weight excluding hydrogens is 258 g/mol. The molecule has 0 radical (unpaired) electrons. The van der Waals surface area contributed by atoms with Gasteiger partial charge in [0.25, 0.3) is 0 Å². The number of aromatic nitrogens is 2.